The van der Waals surface area contributed by atoms with Crippen LogP contribution in [-0.4, -0.2) is 46.2 Å². The zero-order valence-corrected chi connectivity index (χ0v) is 15.0. The molecule has 4 nitrogen and oxygen atoms in total. The van der Waals surface area contributed by atoms with E-state index in [9.17, 15) is 4.39 Å². The van der Waals surface area contributed by atoms with Crippen molar-refractivity contribution in [2.45, 2.75) is 63.2 Å². The van der Waals surface area contributed by atoms with Gasteiger partial charge in [0.05, 0.1) is 12.9 Å². The fraction of sp³-hybridized carbons (Fsp3) is 0.722. The first kappa shape index (κ1) is 16.6. The predicted molar refractivity (Wildman–Crippen MR) is 97.7 cm³/mol. The molecule has 0 spiro atoms. The summed E-state index contributed by atoms with van der Waals surface area (Å²) in [6.07, 6.45) is 8.31. The first-order chi connectivity index (χ1) is 11.7. The molecule has 1 aromatic heterocycles. The Morgan fingerprint density at radius 1 is 1.08 bits per heavy atom. The van der Waals surface area contributed by atoms with Crippen LogP contribution < -0.4 is 10.6 Å². The summed E-state index contributed by atoms with van der Waals surface area (Å²) in [7, 11) is 0. The fourth-order valence-corrected chi connectivity index (χ4v) is 5.46. The lowest BCUT2D eigenvalue weighted by Crippen LogP contribution is -2.53. The molecule has 2 N–H and O–H groups in total. The van der Waals surface area contributed by atoms with E-state index in [4.69, 9.17) is 5.73 Å². The SMILES string of the molecule is NC1CCC(N2Cc3cc(F)cnc3N(C3CCSCC3)C2)CC1. The van der Waals surface area contributed by atoms with Gasteiger partial charge in [-0.15, -0.1) is 0 Å². The van der Waals surface area contributed by atoms with Gasteiger partial charge in [-0.2, -0.15) is 11.8 Å². The number of thioether (sulfide) groups is 1. The second kappa shape index (κ2) is 7.18. The van der Waals surface area contributed by atoms with E-state index in [-0.39, 0.29) is 5.82 Å². The third kappa shape index (κ3) is 3.41. The van der Waals surface area contributed by atoms with Gasteiger partial charge in [-0.1, -0.05) is 0 Å². The maximum absolute atomic E-state index is 13.8. The number of hydrogen-bond donors (Lipinski definition) is 1. The highest BCUT2D eigenvalue weighted by molar-refractivity contribution is 7.99. The fourth-order valence-electron chi connectivity index (χ4n) is 4.38. The van der Waals surface area contributed by atoms with Crippen molar-refractivity contribution in [1.82, 2.24) is 9.88 Å². The van der Waals surface area contributed by atoms with Gasteiger partial charge in [0.2, 0.25) is 0 Å². The zero-order chi connectivity index (χ0) is 16.5. The molecule has 1 saturated heterocycles. The molecule has 0 atom stereocenters. The third-order valence-corrected chi connectivity index (χ3v) is 6.83. The average Bonchev–Trinajstić information content (AvgIpc) is 2.62. The van der Waals surface area contributed by atoms with Gasteiger partial charge in [0.25, 0.3) is 0 Å². The lowest BCUT2D eigenvalue weighted by atomic mass is 9.90. The average molecular weight is 351 g/mol. The smallest absolute Gasteiger partial charge is 0.141 e. The van der Waals surface area contributed by atoms with Crippen molar-refractivity contribution in [2.24, 2.45) is 5.73 Å². The molecule has 1 saturated carbocycles. The molecule has 1 aliphatic carbocycles. The first-order valence-electron chi connectivity index (χ1n) is 9.19. The molecule has 0 bridgehead atoms. The Hall–Kier alpha value is -0.850. The van der Waals surface area contributed by atoms with Crippen LogP contribution in [-0.2, 0) is 6.54 Å². The summed E-state index contributed by atoms with van der Waals surface area (Å²) in [6.45, 7) is 1.75. The number of nitrogens with two attached hydrogens (primary N) is 1. The number of pyridine rings is 1. The van der Waals surface area contributed by atoms with Gasteiger partial charge in [0.1, 0.15) is 11.6 Å². The number of hydrogen-bond acceptors (Lipinski definition) is 5. The van der Waals surface area contributed by atoms with Crippen LogP contribution in [0.2, 0.25) is 0 Å². The van der Waals surface area contributed by atoms with Crippen molar-refractivity contribution < 1.29 is 4.39 Å². The van der Waals surface area contributed by atoms with Crippen LogP contribution in [0.4, 0.5) is 10.2 Å². The molecule has 1 aromatic rings. The van der Waals surface area contributed by atoms with Crippen molar-refractivity contribution in [3.63, 3.8) is 0 Å². The summed E-state index contributed by atoms with van der Waals surface area (Å²) in [5, 5.41) is 0. The van der Waals surface area contributed by atoms with E-state index in [0.29, 0.717) is 18.1 Å². The molecule has 24 heavy (non-hydrogen) atoms. The number of nitrogens with zero attached hydrogens (tertiary/aromatic N) is 3. The first-order valence-corrected chi connectivity index (χ1v) is 10.3. The van der Waals surface area contributed by atoms with Crippen LogP contribution in [0.15, 0.2) is 12.3 Å². The van der Waals surface area contributed by atoms with Gasteiger partial charge in [0.15, 0.2) is 0 Å². The van der Waals surface area contributed by atoms with E-state index >= 15 is 0 Å². The topological polar surface area (TPSA) is 45.4 Å². The van der Waals surface area contributed by atoms with E-state index in [2.05, 4.69) is 14.8 Å². The Labute approximate surface area is 148 Å². The van der Waals surface area contributed by atoms with E-state index < -0.39 is 0 Å². The summed E-state index contributed by atoms with van der Waals surface area (Å²) in [5.74, 6) is 3.23. The van der Waals surface area contributed by atoms with Crippen LogP contribution in [0.5, 0.6) is 0 Å². The van der Waals surface area contributed by atoms with E-state index in [1.54, 1.807) is 6.07 Å². The molecule has 3 aliphatic rings. The Morgan fingerprint density at radius 2 is 1.83 bits per heavy atom. The largest absolute Gasteiger partial charge is 0.340 e. The van der Waals surface area contributed by atoms with E-state index in [0.717, 1.165) is 50.3 Å². The molecule has 0 radical (unpaired) electrons. The van der Waals surface area contributed by atoms with Crippen LogP contribution in [0.1, 0.15) is 44.1 Å². The Balaban J connectivity index is 1.58. The molecule has 3 heterocycles. The van der Waals surface area contributed by atoms with Gasteiger partial charge in [-0.05, 0) is 56.1 Å². The van der Waals surface area contributed by atoms with E-state index in [1.165, 1.54) is 30.5 Å². The minimum atomic E-state index is -0.222. The third-order valence-electron chi connectivity index (χ3n) is 5.78. The highest BCUT2D eigenvalue weighted by Crippen LogP contribution is 2.34. The molecule has 0 unspecified atom stereocenters. The highest BCUT2D eigenvalue weighted by Gasteiger charge is 2.34. The highest BCUT2D eigenvalue weighted by atomic mass is 32.2. The minimum absolute atomic E-state index is 0.222. The van der Waals surface area contributed by atoms with Gasteiger partial charge >= 0.3 is 0 Å². The number of anilines is 1. The molecule has 6 heteroatoms. The zero-order valence-electron chi connectivity index (χ0n) is 14.2. The second-order valence-corrected chi connectivity index (χ2v) is 8.63. The monoisotopic (exact) mass is 350 g/mol. The minimum Gasteiger partial charge on any atom is -0.340 e. The van der Waals surface area contributed by atoms with Gasteiger partial charge in [-0.3, -0.25) is 4.90 Å². The summed E-state index contributed by atoms with van der Waals surface area (Å²) in [4.78, 5) is 9.45. The van der Waals surface area contributed by atoms with Crippen molar-refractivity contribution in [3.8, 4) is 0 Å². The molecule has 2 aliphatic heterocycles. The van der Waals surface area contributed by atoms with Gasteiger partial charge in [0, 0.05) is 30.2 Å². The number of rotatable bonds is 2. The van der Waals surface area contributed by atoms with E-state index in [1.807, 2.05) is 11.8 Å². The number of halogens is 1. The van der Waals surface area contributed by atoms with Crippen LogP contribution in [0, 0.1) is 5.82 Å². The van der Waals surface area contributed by atoms with Gasteiger partial charge in [-0.25, -0.2) is 9.37 Å². The number of aromatic nitrogens is 1. The standard InChI is InChI=1S/C18H27FN4S/c19-14-9-13-11-22(16-3-1-15(20)2-4-16)12-23(18(13)21-10-14)17-5-7-24-8-6-17/h9-10,15-17H,1-8,11-12,20H2. The van der Waals surface area contributed by atoms with Crippen molar-refractivity contribution >= 4 is 17.6 Å². The maximum atomic E-state index is 13.8. The summed E-state index contributed by atoms with van der Waals surface area (Å²) < 4.78 is 13.8. The second-order valence-electron chi connectivity index (χ2n) is 7.41. The lowest BCUT2D eigenvalue weighted by molar-refractivity contribution is 0.129. The van der Waals surface area contributed by atoms with Crippen molar-refractivity contribution in [3.05, 3.63) is 23.6 Å². The normalized spacial score (nSPS) is 29.5. The van der Waals surface area contributed by atoms with Crippen molar-refractivity contribution in [2.75, 3.05) is 23.1 Å². The van der Waals surface area contributed by atoms with Crippen LogP contribution in [0.25, 0.3) is 0 Å². The molecule has 0 aromatic carbocycles. The Bertz CT molecular complexity index is 570. The Kier molecular flexibility index (Phi) is 4.97. The van der Waals surface area contributed by atoms with Crippen LogP contribution >= 0.6 is 11.8 Å². The molecular weight excluding hydrogens is 323 g/mol. The summed E-state index contributed by atoms with van der Waals surface area (Å²) in [5.41, 5.74) is 7.13. The van der Waals surface area contributed by atoms with Crippen molar-refractivity contribution in [1.29, 1.82) is 0 Å². The molecule has 132 valence electrons. The predicted octanol–water partition coefficient (Wildman–Crippen LogP) is 2.97. The molecular formula is C18H27FN4S. The lowest BCUT2D eigenvalue weighted by Gasteiger charge is -2.46. The Morgan fingerprint density at radius 3 is 2.58 bits per heavy atom. The number of fused-ring (bicyclic) bond motifs is 1. The van der Waals surface area contributed by atoms with Gasteiger partial charge < -0.3 is 10.6 Å². The quantitative estimate of drug-likeness (QED) is 0.888. The van der Waals surface area contributed by atoms with Crippen LogP contribution in [0.3, 0.4) is 0 Å². The molecule has 4 rings (SSSR count). The summed E-state index contributed by atoms with van der Waals surface area (Å²) >= 11 is 2.04. The maximum Gasteiger partial charge on any atom is 0.141 e. The summed E-state index contributed by atoms with van der Waals surface area (Å²) in [6, 6.07) is 3.16. The molecule has 0 amide bonds. The molecule has 2 fully saturated rings.